The standard InChI is InChI=1S/C31H34N2/c1-4-32(30-18-10-25(2)11-19-30)22-28-14-16-29(17-15-28)24-33(23-27-8-6-5-7-9-27)31-20-12-26(3)13-21-31/h5-21H,4,22-24H2,1-3H3. The molecule has 0 aliphatic heterocycles. The van der Waals surface area contributed by atoms with E-state index in [1.54, 1.807) is 0 Å². The Hall–Kier alpha value is -3.52. The van der Waals surface area contributed by atoms with E-state index in [0.29, 0.717) is 0 Å². The first-order valence-electron chi connectivity index (χ1n) is 11.9. The fourth-order valence-corrected chi connectivity index (χ4v) is 4.13. The van der Waals surface area contributed by atoms with Crippen molar-refractivity contribution < 1.29 is 0 Å². The number of aryl methyl sites for hydroxylation is 2. The van der Waals surface area contributed by atoms with Crippen molar-refractivity contribution in [2.24, 2.45) is 0 Å². The molecule has 0 unspecified atom stereocenters. The highest BCUT2D eigenvalue weighted by atomic mass is 15.1. The van der Waals surface area contributed by atoms with Crippen LogP contribution in [-0.2, 0) is 19.6 Å². The first-order chi connectivity index (χ1) is 16.1. The van der Waals surface area contributed by atoms with Crippen molar-refractivity contribution in [3.05, 3.63) is 131 Å². The van der Waals surface area contributed by atoms with Crippen LogP contribution in [0.3, 0.4) is 0 Å². The zero-order chi connectivity index (χ0) is 23.0. The average molecular weight is 435 g/mol. The molecule has 0 aromatic heterocycles. The first kappa shape index (κ1) is 22.7. The summed E-state index contributed by atoms with van der Waals surface area (Å²) in [5.74, 6) is 0. The molecule has 0 heterocycles. The van der Waals surface area contributed by atoms with Gasteiger partial charge in [-0.3, -0.25) is 0 Å². The van der Waals surface area contributed by atoms with Crippen molar-refractivity contribution in [2.75, 3.05) is 16.3 Å². The Balaban J connectivity index is 1.48. The van der Waals surface area contributed by atoms with Crippen molar-refractivity contribution in [1.29, 1.82) is 0 Å². The second-order valence-corrected chi connectivity index (χ2v) is 8.84. The van der Waals surface area contributed by atoms with E-state index in [2.05, 4.69) is 134 Å². The maximum atomic E-state index is 2.45. The van der Waals surface area contributed by atoms with Gasteiger partial charge in [-0.1, -0.05) is 90.0 Å². The molecule has 0 aliphatic rings. The lowest BCUT2D eigenvalue weighted by Gasteiger charge is -2.26. The van der Waals surface area contributed by atoms with Crippen LogP contribution in [0.15, 0.2) is 103 Å². The van der Waals surface area contributed by atoms with Gasteiger partial charge in [0.25, 0.3) is 0 Å². The predicted molar refractivity (Wildman–Crippen MR) is 142 cm³/mol. The zero-order valence-corrected chi connectivity index (χ0v) is 20.0. The summed E-state index contributed by atoms with van der Waals surface area (Å²) in [6, 6.07) is 37.5. The van der Waals surface area contributed by atoms with E-state index >= 15 is 0 Å². The van der Waals surface area contributed by atoms with Gasteiger partial charge in [-0.05, 0) is 61.7 Å². The number of hydrogen-bond donors (Lipinski definition) is 0. The normalized spacial score (nSPS) is 10.8. The van der Waals surface area contributed by atoms with Crippen molar-refractivity contribution in [2.45, 2.75) is 40.4 Å². The minimum absolute atomic E-state index is 0.883. The average Bonchev–Trinajstić information content (AvgIpc) is 2.85. The molecular formula is C31H34N2. The van der Waals surface area contributed by atoms with Crippen molar-refractivity contribution in [3.63, 3.8) is 0 Å². The van der Waals surface area contributed by atoms with Gasteiger partial charge >= 0.3 is 0 Å². The summed E-state index contributed by atoms with van der Waals surface area (Å²) in [7, 11) is 0. The van der Waals surface area contributed by atoms with Crippen LogP contribution in [0.5, 0.6) is 0 Å². The lowest BCUT2D eigenvalue weighted by molar-refractivity contribution is 0.797. The van der Waals surface area contributed by atoms with E-state index in [1.165, 1.54) is 39.2 Å². The zero-order valence-electron chi connectivity index (χ0n) is 20.0. The maximum absolute atomic E-state index is 2.45. The summed E-state index contributed by atoms with van der Waals surface area (Å²) in [5.41, 5.74) is 9.11. The third kappa shape index (κ3) is 6.26. The van der Waals surface area contributed by atoms with Crippen LogP contribution >= 0.6 is 0 Å². The van der Waals surface area contributed by atoms with Crippen LogP contribution in [0.2, 0.25) is 0 Å². The quantitative estimate of drug-likeness (QED) is 0.268. The van der Waals surface area contributed by atoms with Crippen molar-refractivity contribution >= 4 is 11.4 Å². The Bertz CT molecular complexity index is 1110. The molecule has 2 nitrogen and oxygen atoms in total. The minimum Gasteiger partial charge on any atom is -0.367 e. The highest BCUT2D eigenvalue weighted by molar-refractivity contribution is 5.50. The van der Waals surface area contributed by atoms with Gasteiger partial charge in [-0.25, -0.2) is 0 Å². The van der Waals surface area contributed by atoms with Crippen LogP contribution < -0.4 is 9.80 Å². The molecule has 33 heavy (non-hydrogen) atoms. The van der Waals surface area contributed by atoms with Crippen LogP contribution in [0, 0.1) is 13.8 Å². The fourth-order valence-electron chi connectivity index (χ4n) is 4.13. The lowest BCUT2D eigenvalue weighted by atomic mass is 10.1. The van der Waals surface area contributed by atoms with Gasteiger partial charge in [0.2, 0.25) is 0 Å². The Morgan fingerprint density at radius 2 is 0.848 bits per heavy atom. The van der Waals surface area contributed by atoms with E-state index in [0.717, 1.165) is 26.2 Å². The molecule has 0 atom stereocenters. The maximum Gasteiger partial charge on any atom is 0.0433 e. The molecule has 0 radical (unpaired) electrons. The number of nitrogens with zero attached hydrogens (tertiary/aromatic N) is 2. The van der Waals surface area contributed by atoms with Crippen LogP contribution in [-0.4, -0.2) is 6.54 Å². The number of hydrogen-bond acceptors (Lipinski definition) is 2. The topological polar surface area (TPSA) is 6.48 Å². The van der Waals surface area contributed by atoms with E-state index in [4.69, 9.17) is 0 Å². The highest BCUT2D eigenvalue weighted by Gasteiger charge is 2.10. The number of rotatable bonds is 9. The molecule has 2 heteroatoms. The van der Waals surface area contributed by atoms with E-state index in [1.807, 2.05) is 0 Å². The van der Waals surface area contributed by atoms with E-state index < -0.39 is 0 Å². The summed E-state index contributed by atoms with van der Waals surface area (Å²) >= 11 is 0. The van der Waals surface area contributed by atoms with Gasteiger partial charge in [0, 0.05) is 37.6 Å². The molecule has 0 aliphatic carbocycles. The summed E-state index contributed by atoms with van der Waals surface area (Å²) in [6.45, 7) is 10.2. The summed E-state index contributed by atoms with van der Waals surface area (Å²) in [4.78, 5) is 4.87. The lowest BCUT2D eigenvalue weighted by Crippen LogP contribution is -2.23. The predicted octanol–water partition coefficient (Wildman–Crippen LogP) is 7.54. The monoisotopic (exact) mass is 434 g/mol. The van der Waals surface area contributed by atoms with Crippen molar-refractivity contribution in [3.8, 4) is 0 Å². The number of benzene rings is 4. The molecule has 0 saturated heterocycles. The van der Waals surface area contributed by atoms with E-state index in [9.17, 15) is 0 Å². The Morgan fingerprint density at radius 3 is 1.30 bits per heavy atom. The molecule has 0 fully saturated rings. The molecular weight excluding hydrogens is 400 g/mol. The molecule has 0 N–H and O–H groups in total. The van der Waals surface area contributed by atoms with Gasteiger partial charge in [0.05, 0.1) is 0 Å². The molecule has 0 saturated carbocycles. The third-order valence-electron chi connectivity index (χ3n) is 6.17. The Morgan fingerprint density at radius 1 is 0.455 bits per heavy atom. The minimum atomic E-state index is 0.883. The highest BCUT2D eigenvalue weighted by Crippen LogP contribution is 2.22. The van der Waals surface area contributed by atoms with Gasteiger partial charge in [0.15, 0.2) is 0 Å². The third-order valence-corrected chi connectivity index (χ3v) is 6.17. The largest absolute Gasteiger partial charge is 0.367 e. The summed E-state index contributed by atoms with van der Waals surface area (Å²) < 4.78 is 0. The second-order valence-electron chi connectivity index (χ2n) is 8.84. The second kappa shape index (κ2) is 10.9. The van der Waals surface area contributed by atoms with Gasteiger partial charge in [-0.15, -0.1) is 0 Å². The smallest absolute Gasteiger partial charge is 0.0433 e. The Labute approximate surface area is 199 Å². The molecule has 0 spiro atoms. The fraction of sp³-hybridized carbons (Fsp3) is 0.226. The molecule has 4 aromatic rings. The van der Waals surface area contributed by atoms with Crippen LogP contribution in [0.4, 0.5) is 11.4 Å². The number of anilines is 2. The molecule has 168 valence electrons. The molecule has 0 amide bonds. The van der Waals surface area contributed by atoms with Gasteiger partial charge in [0.1, 0.15) is 0 Å². The Kier molecular flexibility index (Phi) is 7.47. The molecule has 0 bridgehead atoms. The van der Waals surface area contributed by atoms with Crippen molar-refractivity contribution in [1.82, 2.24) is 0 Å². The van der Waals surface area contributed by atoms with Gasteiger partial charge in [-0.2, -0.15) is 0 Å². The van der Waals surface area contributed by atoms with Crippen LogP contribution in [0.25, 0.3) is 0 Å². The first-order valence-corrected chi connectivity index (χ1v) is 11.9. The SMILES string of the molecule is CCN(Cc1ccc(CN(Cc2ccccc2)c2ccc(C)cc2)cc1)c1ccc(C)cc1. The summed E-state index contributed by atoms with van der Waals surface area (Å²) in [5, 5.41) is 0. The molecule has 4 aromatic carbocycles. The van der Waals surface area contributed by atoms with Gasteiger partial charge < -0.3 is 9.80 Å². The van der Waals surface area contributed by atoms with Crippen LogP contribution in [0.1, 0.15) is 34.7 Å². The summed E-state index contributed by atoms with van der Waals surface area (Å²) in [6.07, 6.45) is 0. The van der Waals surface area contributed by atoms with E-state index in [-0.39, 0.29) is 0 Å². The molecule has 4 rings (SSSR count).